The molecule has 0 atom stereocenters. The Hall–Kier alpha value is -2.47. The molecule has 0 saturated heterocycles. The first-order valence-electron chi connectivity index (χ1n) is 5.93. The van der Waals surface area contributed by atoms with Crippen LogP contribution in [0.3, 0.4) is 0 Å². The van der Waals surface area contributed by atoms with E-state index in [1.54, 1.807) is 18.2 Å². The second-order valence-electron chi connectivity index (χ2n) is 4.05. The lowest BCUT2D eigenvalue weighted by atomic mass is 10.2. The number of pyridine rings is 1. The summed E-state index contributed by atoms with van der Waals surface area (Å²) < 4.78 is 10.4. The summed E-state index contributed by atoms with van der Waals surface area (Å²) in [7, 11) is 3.04. The number of halogens is 1. The summed E-state index contributed by atoms with van der Waals surface area (Å²) in [6.07, 6.45) is 1.42. The second kappa shape index (κ2) is 6.32. The number of carboxylic acid groups (broad SMARTS) is 1. The predicted octanol–water partition coefficient (Wildman–Crippen LogP) is 3.19. The highest BCUT2D eigenvalue weighted by atomic mass is 35.5. The van der Waals surface area contributed by atoms with Crippen LogP contribution in [0.2, 0.25) is 5.02 Å². The van der Waals surface area contributed by atoms with E-state index in [2.05, 4.69) is 10.3 Å². The van der Waals surface area contributed by atoms with E-state index in [9.17, 15) is 4.79 Å². The van der Waals surface area contributed by atoms with Gasteiger partial charge in [-0.2, -0.15) is 0 Å². The molecule has 0 aliphatic rings. The van der Waals surface area contributed by atoms with Crippen molar-refractivity contribution in [2.45, 2.75) is 0 Å². The van der Waals surface area contributed by atoms with Crippen LogP contribution in [0.15, 0.2) is 30.5 Å². The average molecular weight is 309 g/mol. The molecule has 1 aromatic heterocycles. The van der Waals surface area contributed by atoms with Crippen molar-refractivity contribution in [3.63, 3.8) is 0 Å². The van der Waals surface area contributed by atoms with Gasteiger partial charge in [0, 0.05) is 12.1 Å². The lowest BCUT2D eigenvalue weighted by Crippen LogP contribution is -2.01. The molecule has 0 unspecified atom stereocenters. The van der Waals surface area contributed by atoms with Crippen LogP contribution in [0.1, 0.15) is 10.5 Å². The Labute approximate surface area is 126 Å². The molecule has 1 aromatic carbocycles. The molecule has 110 valence electrons. The Bertz CT molecular complexity index is 659. The molecule has 21 heavy (non-hydrogen) atoms. The summed E-state index contributed by atoms with van der Waals surface area (Å²) >= 11 is 6.03. The van der Waals surface area contributed by atoms with Crippen LogP contribution in [0.25, 0.3) is 0 Å². The van der Waals surface area contributed by atoms with E-state index in [-0.39, 0.29) is 5.69 Å². The molecule has 0 saturated carbocycles. The molecule has 0 aliphatic heterocycles. The summed E-state index contributed by atoms with van der Waals surface area (Å²) in [6, 6.07) is 6.33. The zero-order chi connectivity index (χ0) is 15.4. The van der Waals surface area contributed by atoms with Gasteiger partial charge >= 0.3 is 5.97 Å². The molecule has 0 amide bonds. The van der Waals surface area contributed by atoms with Crippen molar-refractivity contribution >= 4 is 28.9 Å². The summed E-state index contributed by atoms with van der Waals surface area (Å²) in [6.45, 7) is 0. The molecule has 0 radical (unpaired) electrons. The number of carboxylic acids is 1. The number of ether oxygens (including phenoxy) is 2. The lowest BCUT2D eigenvalue weighted by Gasteiger charge is -2.13. The third-order valence-electron chi connectivity index (χ3n) is 2.74. The smallest absolute Gasteiger partial charge is 0.354 e. The van der Waals surface area contributed by atoms with Crippen molar-refractivity contribution in [1.82, 2.24) is 4.98 Å². The topological polar surface area (TPSA) is 80.7 Å². The second-order valence-corrected chi connectivity index (χ2v) is 4.46. The molecule has 0 bridgehead atoms. The molecule has 6 nitrogen and oxygen atoms in total. The number of anilines is 2. The highest BCUT2D eigenvalue weighted by molar-refractivity contribution is 6.32. The summed E-state index contributed by atoms with van der Waals surface area (Å²) in [4.78, 5) is 14.6. The van der Waals surface area contributed by atoms with E-state index >= 15 is 0 Å². The first-order valence-corrected chi connectivity index (χ1v) is 6.31. The van der Waals surface area contributed by atoms with Crippen LogP contribution < -0.4 is 14.8 Å². The monoisotopic (exact) mass is 308 g/mol. The minimum Gasteiger partial charge on any atom is -0.495 e. The Morgan fingerprint density at radius 2 is 1.95 bits per heavy atom. The fourth-order valence-corrected chi connectivity index (χ4v) is 1.94. The summed E-state index contributed by atoms with van der Waals surface area (Å²) in [5.41, 5.74) is 1.22. The maximum atomic E-state index is 10.8. The van der Waals surface area contributed by atoms with Crippen molar-refractivity contribution < 1.29 is 19.4 Å². The van der Waals surface area contributed by atoms with Crippen LogP contribution in [-0.2, 0) is 0 Å². The quantitative estimate of drug-likeness (QED) is 0.883. The zero-order valence-electron chi connectivity index (χ0n) is 11.4. The number of hydrogen-bond acceptors (Lipinski definition) is 5. The van der Waals surface area contributed by atoms with Gasteiger partial charge in [-0.15, -0.1) is 0 Å². The van der Waals surface area contributed by atoms with Crippen molar-refractivity contribution in [3.8, 4) is 11.5 Å². The standard InChI is InChI=1S/C14H13ClN2O4/c1-20-12-6-11(13(21-2)5-9(12)15)17-8-3-4-10(14(18)19)16-7-8/h3-7,17H,1-2H3,(H,18,19). The SMILES string of the molecule is COc1cc(Nc2ccc(C(=O)O)nc2)c(OC)cc1Cl. The third kappa shape index (κ3) is 3.35. The van der Waals surface area contributed by atoms with E-state index in [0.29, 0.717) is 27.9 Å². The van der Waals surface area contributed by atoms with Crippen LogP contribution in [0.4, 0.5) is 11.4 Å². The molecule has 2 rings (SSSR count). The Kier molecular flexibility index (Phi) is 4.49. The molecule has 7 heteroatoms. The van der Waals surface area contributed by atoms with Gasteiger partial charge in [-0.1, -0.05) is 11.6 Å². The first kappa shape index (κ1) is 14.9. The number of methoxy groups -OCH3 is 2. The highest BCUT2D eigenvalue weighted by Gasteiger charge is 2.11. The average Bonchev–Trinajstić information content (AvgIpc) is 2.49. The van der Waals surface area contributed by atoms with Gasteiger partial charge < -0.3 is 19.9 Å². The number of nitrogens with zero attached hydrogens (tertiary/aromatic N) is 1. The minimum atomic E-state index is -1.08. The van der Waals surface area contributed by atoms with E-state index in [0.717, 1.165) is 0 Å². The van der Waals surface area contributed by atoms with E-state index in [1.165, 1.54) is 26.5 Å². The van der Waals surface area contributed by atoms with Crippen molar-refractivity contribution in [1.29, 1.82) is 0 Å². The van der Waals surface area contributed by atoms with E-state index in [1.807, 2.05) is 0 Å². The van der Waals surface area contributed by atoms with Crippen LogP contribution in [0.5, 0.6) is 11.5 Å². The highest BCUT2D eigenvalue weighted by Crippen LogP contribution is 2.37. The fraction of sp³-hybridized carbons (Fsp3) is 0.143. The van der Waals surface area contributed by atoms with Gasteiger partial charge in [0.15, 0.2) is 0 Å². The van der Waals surface area contributed by atoms with Gasteiger partial charge in [0.25, 0.3) is 0 Å². The molecule has 0 fully saturated rings. The molecule has 0 aliphatic carbocycles. The predicted molar refractivity (Wildman–Crippen MR) is 79.0 cm³/mol. The number of hydrogen-bond donors (Lipinski definition) is 2. The minimum absolute atomic E-state index is 0.0267. The first-order chi connectivity index (χ1) is 10.0. The van der Waals surface area contributed by atoms with Gasteiger partial charge in [-0.25, -0.2) is 9.78 Å². The van der Waals surface area contributed by atoms with Gasteiger partial charge in [-0.05, 0) is 12.1 Å². The normalized spacial score (nSPS) is 10.0. The summed E-state index contributed by atoms with van der Waals surface area (Å²) in [5, 5.41) is 12.3. The number of carbonyl (C=O) groups is 1. The summed E-state index contributed by atoms with van der Waals surface area (Å²) in [5.74, 6) is -0.0505. The Morgan fingerprint density at radius 1 is 1.24 bits per heavy atom. The number of aromatic carboxylic acids is 1. The molecule has 2 N–H and O–H groups in total. The van der Waals surface area contributed by atoms with E-state index in [4.69, 9.17) is 26.2 Å². The number of benzene rings is 1. The largest absolute Gasteiger partial charge is 0.495 e. The number of aromatic nitrogens is 1. The fourth-order valence-electron chi connectivity index (χ4n) is 1.71. The molecule has 0 spiro atoms. The van der Waals surface area contributed by atoms with Gasteiger partial charge in [0.1, 0.15) is 17.2 Å². The van der Waals surface area contributed by atoms with Gasteiger partial charge in [0.2, 0.25) is 0 Å². The molecular formula is C14H13ClN2O4. The number of nitrogens with one attached hydrogen (secondary N) is 1. The van der Waals surface area contributed by atoms with Crippen LogP contribution in [0, 0.1) is 0 Å². The van der Waals surface area contributed by atoms with Crippen LogP contribution in [-0.4, -0.2) is 30.3 Å². The van der Waals surface area contributed by atoms with Gasteiger partial charge in [0.05, 0.1) is 36.8 Å². The molecule has 2 aromatic rings. The maximum Gasteiger partial charge on any atom is 0.354 e. The molecule has 1 heterocycles. The van der Waals surface area contributed by atoms with Crippen molar-refractivity contribution in [2.24, 2.45) is 0 Å². The van der Waals surface area contributed by atoms with Crippen molar-refractivity contribution in [3.05, 3.63) is 41.2 Å². The molecular weight excluding hydrogens is 296 g/mol. The zero-order valence-corrected chi connectivity index (χ0v) is 12.1. The van der Waals surface area contributed by atoms with Gasteiger partial charge in [-0.3, -0.25) is 0 Å². The van der Waals surface area contributed by atoms with E-state index < -0.39 is 5.97 Å². The lowest BCUT2D eigenvalue weighted by molar-refractivity contribution is 0.0690. The third-order valence-corrected chi connectivity index (χ3v) is 3.03. The van der Waals surface area contributed by atoms with Crippen LogP contribution >= 0.6 is 11.6 Å². The van der Waals surface area contributed by atoms with Crippen molar-refractivity contribution in [2.75, 3.05) is 19.5 Å². The Balaban J connectivity index is 2.31. The number of rotatable bonds is 5. The maximum absolute atomic E-state index is 10.8. The Morgan fingerprint density at radius 3 is 2.48 bits per heavy atom.